The Balaban J connectivity index is 1.85. The van der Waals surface area contributed by atoms with Crippen LogP contribution >= 0.6 is 0 Å². The van der Waals surface area contributed by atoms with Gasteiger partial charge in [0.15, 0.2) is 5.82 Å². The summed E-state index contributed by atoms with van der Waals surface area (Å²) in [5, 5.41) is 3.68. The molecule has 6 nitrogen and oxygen atoms in total. The third-order valence-corrected chi connectivity index (χ3v) is 5.55. The summed E-state index contributed by atoms with van der Waals surface area (Å²) >= 11 is 0. The minimum Gasteiger partial charge on any atom is -0.343 e. The smallest absolute Gasteiger partial charge is 0.343 e. The van der Waals surface area contributed by atoms with E-state index in [0.717, 1.165) is 28.9 Å². The summed E-state index contributed by atoms with van der Waals surface area (Å²) in [4.78, 5) is 3.51. The minimum absolute atomic E-state index is 0.109. The number of rotatable bonds is 3. The van der Waals surface area contributed by atoms with E-state index in [1.165, 1.54) is 0 Å². The van der Waals surface area contributed by atoms with Gasteiger partial charge >= 0.3 is 6.18 Å². The summed E-state index contributed by atoms with van der Waals surface area (Å²) in [6.07, 6.45) is -2.96. The molecule has 1 fully saturated rings. The fourth-order valence-corrected chi connectivity index (χ4v) is 4.04. The van der Waals surface area contributed by atoms with Gasteiger partial charge in [-0.2, -0.15) is 22.5 Å². The van der Waals surface area contributed by atoms with Crippen LogP contribution in [-0.4, -0.2) is 36.0 Å². The van der Waals surface area contributed by atoms with Crippen LogP contribution in [-0.2, 0) is 16.2 Å². The topological polar surface area (TPSA) is 76.3 Å². The van der Waals surface area contributed by atoms with Gasteiger partial charge in [0.25, 0.3) is 0 Å². The average molecular weight is 347 g/mol. The molecule has 0 bridgehead atoms. The van der Waals surface area contributed by atoms with Crippen LogP contribution in [0.25, 0.3) is 0 Å². The minimum atomic E-state index is -4.59. The second-order valence-electron chi connectivity index (χ2n) is 5.16. The van der Waals surface area contributed by atoms with Gasteiger partial charge in [0.05, 0.1) is 10.5 Å². The largest absolute Gasteiger partial charge is 0.416 e. The van der Waals surface area contributed by atoms with E-state index in [9.17, 15) is 21.6 Å². The molecule has 1 aliphatic rings. The number of hydrogen-bond acceptors (Lipinski definition) is 5. The third-order valence-electron chi connectivity index (χ3n) is 3.69. The first-order valence-corrected chi connectivity index (χ1v) is 8.16. The van der Waals surface area contributed by atoms with Gasteiger partial charge in [-0.1, -0.05) is 11.2 Å². The van der Waals surface area contributed by atoms with E-state index < -0.39 is 21.8 Å². The van der Waals surface area contributed by atoms with Gasteiger partial charge in [-0.15, -0.1) is 0 Å². The normalized spacial score (nSPS) is 20.0. The zero-order valence-corrected chi connectivity index (χ0v) is 12.5. The highest BCUT2D eigenvalue weighted by Crippen LogP contribution is 2.33. The van der Waals surface area contributed by atoms with Crippen LogP contribution in [0.2, 0.25) is 0 Å². The molecule has 0 N–H and O–H groups in total. The maximum atomic E-state index is 12.7. The van der Waals surface area contributed by atoms with Crippen LogP contribution < -0.4 is 0 Å². The van der Waals surface area contributed by atoms with Gasteiger partial charge in [0.2, 0.25) is 16.4 Å². The number of benzene rings is 1. The number of halogens is 3. The van der Waals surface area contributed by atoms with Crippen LogP contribution in [0.1, 0.15) is 23.7 Å². The van der Waals surface area contributed by atoms with E-state index in [-0.39, 0.29) is 23.9 Å². The number of sulfonamides is 1. The lowest BCUT2D eigenvalue weighted by molar-refractivity contribution is -0.137. The molecule has 124 valence electrons. The summed E-state index contributed by atoms with van der Waals surface area (Å²) in [5.41, 5.74) is -0.993. The molecule has 1 atom stereocenters. The van der Waals surface area contributed by atoms with Crippen molar-refractivity contribution in [3.63, 3.8) is 0 Å². The van der Waals surface area contributed by atoms with Gasteiger partial charge in [-0.25, -0.2) is 8.42 Å². The van der Waals surface area contributed by atoms with E-state index in [1.54, 1.807) is 0 Å². The van der Waals surface area contributed by atoms with Crippen molar-refractivity contribution in [2.45, 2.75) is 23.4 Å². The highest BCUT2D eigenvalue weighted by Gasteiger charge is 2.37. The summed E-state index contributed by atoms with van der Waals surface area (Å²) in [7, 11) is -4.00. The molecule has 2 heterocycles. The van der Waals surface area contributed by atoms with Crippen molar-refractivity contribution in [1.29, 1.82) is 0 Å². The molecule has 2 aromatic rings. The average Bonchev–Trinajstić information content (AvgIpc) is 3.17. The first-order valence-electron chi connectivity index (χ1n) is 6.72. The molecule has 1 aromatic heterocycles. The van der Waals surface area contributed by atoms with Crippen molar-refractivity contribution < 1.29 is 26.1 Å². The van der Waals surface area contributed by atoms with Crippen molar-refractivity contribution in [3.05, 3.63) is 42.0 Å². The zero-order chi connectivity index (χ0) is 16.7. The molecule has 0 amide bonds. The molecular weight excluding hydrogens is 335 g/mol. The summed E-state index contributed by atoms with van der Waals surface area (Å²) in [6, 6.07) is 3.73. The first-order chi connectivity index (χ1) is 10.8. The van der Waals surface area contributed by atoms with Crippen molar-refractivity contribution in [1.82, 2.24) is 14.4 Å². The van der Waals surface area contributed by atoms with Gasteiger partial charge in [-0.05, 0) is 24.6 Å². The Morgan fingerprint density at radius 2 is 2.09 bits per heavy atom. The first kappa shape index (κ1) is 15.9. The molecule has 1 aliphatic heterocycles. The Morgan fingerprint density at radius 1 is 1.30 bits per heavy atom. The lowest BCUT2D eigenvalue weighted by Crippen LogP contribution is -2.29. The molecule has 0 spiro atoms. The van der Waals surface area contributed by atoms with E-state index in [0.29, 0.717) is 18.3 Å². The van der Waals surface area contributed by atoms with Gasteiger partial charge < -0.3 is 4.52 Å². The predicted octanol–water partition coefficient (Wildman–Crippen LogP) is 2.27. The molecule has 3 rings (SSSR count). The van der Waals surface area contributed by atoms with Gasteiger partial charge in [-0.3, -0.25) is 0 Å². The molecular formula is C13H12F3N3O3S. The Labute approximate surface area is 130 Å². The monoisotopic (exact) mass is 347 g/mol. The van der Waals surface area contributed by atoms with Crippen LogP contribution in [0.5, 0.6) is 0 Å². The van der Waals surface area contributed by atoms with Crippen molar-refractivity contribution in [3.8, 4) is 0 Å². The molecule has 0 radical (unpaired) electrons. The van der Waals surface area contributed by atoms with E-state index in [1.807, 2.05) is 0 Å². The molecule has 0 saturated carbocycles. The highest BCUT2D eigenvalue weighted by atomic mass is 32.2. The maximum absolute atomic E-state index is 12.7. The summed E-state index contributed by atoms with van der Waals surface area (Å²) in [5.74, 6) is 0.168. The third kappa shape index (κ3) is 3.08. The Morgan fingerprint density at radius 3 is 2.74 bits per heavy atom. The standard InChI is InChI=1S/C13H12F3N3O3S/c14-13(15,16)10-2-1-3-11(6-10)23(20,21)19-5-4-9(7-19)12-17-8-22-18-12/h1-3,6,8-9H,4-5,7H2. The zero-order valence-electron chi connectivity index (χ0n) is 11.7. The van der Waals surface area contributed by atoms with E-state index in [4.69, 9.17) is 0 Å². The second-order valence-corrected chi connectivity index (χ2v) is 7.10. The van der Waals surface area contributed by atoms with E-state index in [2.05, 4.69) is 14.7 Å². The Kier molecular flexibility index (Phi) is 3.88. The fraction of sp³-hybridized carbons (Fsp3) is 0.385. The number of alkyl halides is 3. The SMILES string of the molecule is O=S(=O)(c1cccc(C(F)(F)F)c1)N1CCC(c2ncon2)C1. The number of hydrogen-bond donors (Lipinski definition) is 0. The predicted molar refractivity (Wildman–Crippen MR) is 71.9 cm³/mol. The van der Waals surface area contributed by atoms with Crippen molar-refractivity contribution in [2.75, 3.05) is 13.1 Å². The molecule has 10 heteroatoms. The molecule has 23 heavy (non-hydrogen) atoms. The van der Waals surface area contributed by atoms with Crippen LogP contribution in [0.3, 0.4) is 0 Å². The van der Waals surface area contributed by atoms with Crippen LogP contribution in [0.15, 0.2) is 40.1 Å². The molecule has 0 aliphatic carbocycles. The lowest BCUT2D eigenvalue weighted by Gasteiger charge is -2.17. The molecule has 1 saturated heterocycles. The second kappa shape index (κ2) is 5.60. The Hall–Kier alpha value is -1.94. The number of nitrogens with zero attached hydrogens (tertiary/aromatic N) is 3. The fourth-order valence-electron chi connectivity index (χ4n) is 2.50. The van der Waals surface area contributed by atoms with Crippen LogP contribution in [0, 0.1) is 0 Å². The molecule has 1 aromatic carbocycles. The summed E-state index contributed by atoms with van der Waals surface area (Å²) < 4.78 is 69.1. The quantitative estimate of drug-likeness (QED) is 0.851. The van der Waals surface area contributed by atoms with Gasteiger partial charge in [0, 0.05) is 19.0 Å². The van der Waals surface area contributed by atoms with Crippen molar-refractivity contribution in [2.24, 2.45) is 0 Å². The lowest BCUT2D eigenvalue weighted by atomic mass is 10.1. The van der Waals surface area contributed by atoms with Crippen LogP contribution in [0.4, 0.5) is 13.2 Å². The highest BCUT2D eigenvalue weighted by molar-refractivity contribution is 7.89. The molecule has 1 unspecified atom stereocenters. The Bertz CT molecular complexity index is 790. The summed E-state index contributed by atoms with van der Waals surface area (Å²) in [6.45, 7) is 0.301. The maximum Gasteiger partial charge on any atom is 0.416 e. The van der Waals surface area contributed by atoms with Crippen molar-refractivity contribution >= 4 is 10.0 Å². The van der Waals surface area contributed by atoms with Gasteiger partial charge in [0.1, 0.15) is 0 Å². The van der Waals surface area contributed by atoms with E-state index >= 15 is 0 Å². The number of aromatic nitrogens is 2.